The summed E-state index contributed by atoms with van der Waals surface area (Å²) < 4.78 is 1.19. The summed E-state index contributed by atoms with van der Waals surface area (Å²) in [6, 6.07) is 18.0. The van der Waals surface area contributed by atoms with Crippen molar-refractivity contribution in [1.82, 2.24) is 14.8 Å². The first-order chi connectivity index (χ1) is 14.1. The van der Waals surface area contributed by atoms with Crippen LogP contribution < -0.4 is 10.9 Å². The molecule has 4 rings (SSSR count). The summed E-state index contributed by atoms with van der Waals surface area (Å²) in [5.41, 5.74) is 1.85. The number of benzene rings is 2. The lowest BCUT2D eigenvalue weighted by Crippen LogP contribution is -2.30. The van der Waals surface area contributed by atoms with Gasteiger partial charge in [0.2, 0.25) is 5.91 Å². The fourth-order valence-electron chi connectivity index (χ4n) is 3.13. The average Bonchev–Trinajstić information content (AvgIpc) is 2.74. The fourth-order valence-corrected chi connectivity index (χ4v) is 3.31. The van der Waals surface area contributed by atoms with Crippen molar-refractivity contribution in [1.29, 1.82) is 0 Å². The van der Waals surface area contributed by atoms with Crippen molar-refractivity contribution in [2.75, 3.05) is 5.32 Å². The Kier molecular flexibility index (Phi) is 5.35. The fraction of sp³-hybridized carbons (Fsp3) is 0.0909. The Hall–Kier alpha value is -3.51. The maximum absolute atomic E-state index is 12.9. The number of amides is 1. The lowest BCUT2D eigenvalue weighted by Gasteiger charge is -2.12. The summed E-state index contributed by atoms with van der Waals surface area (Å²) >= 11 is 6.09. The normalized spacial score (nSPS) is 10.8. The minimum Gasteiger partial charge on any atom is -0.323 e. The number of carbonyl (C=O) groups excluding carboxylic acids is 1. The minimum atomic E-state index is -0.379. The van der Waals surface area contributed by atoms with Crippen molar-refractivity contribution in [3.8, 4) is 0 Å². The van der Waals surface area contributed by atoms with E-state index in [1.807, 2.05) is 24.3 Å². The number of nitrogens with zero attached hydrogens (tertiary/aromatic N) is 3. The molecule has 29 heavy (non-hydrogen) atoms. The average molecular weight is 405 g/mol. The number of para-hydroxylation sites is 1. The van der Waals surface area contributed by atoms with Crippen LogP contribution in [0.1, 0.15) is 11.3 Å². The van der Waals surface area contributed by atoms with E-state index in [0.717, 1.165) is 10.9 Å². The number of halogens is 1. The molecule has 1 N–H and O–H groups in total. The van der Waals surface area contributed by atoms with E-state index in [1.165, 1.54) is 4.68 Å². The van der Waals surface area contributed by atoms with Gasteiger partial charge >= 0.3 is 0 Å². The Balaban J connectivity index is 1.69. The predicted octanol–water partition coefficient (Wildman–Crippen LogP) is 3.67. The Morgan fingerprint density at radius 1 is 1.00 bits per heavy atom. The molecule has 0 unspecified atom stereocenters. The van der Waals surface area contributed by atoms with Crippen LogP contribution >= 0.6 is 11.6 Å². The number of fused-ring (bicyclic) bond motifs is 1. The Bertz CT molecular complexity index is 1240. The molecule has 0 spiro atoms. The number of hydrogen-bond donors (Lipinski definition) is 1. The first-order valence-corrected chi connectivity index (χ1v) is 9.41. The molecule has 1 amide bonds. The number of anilines is 1. The Morgan fingerprint density at radius 2 is 1.76 bits per heavy atom. The third kappa shape index (κ3) is 4.17. The zero-order valence-electron chi connectivity index (χ0n) is 15.4. The van der Waals surface area contributed by atoms with E-state index in [1.54, 1.807) is 48.8 Å². The summed E-state index contributed by atoms with van der Waals surface area (Å²) in [6.07, 6.45) is 3.96. The molecule has 0 aliphatic carbocycles. The lowest BCUT2D eigenvalue weighted by molar-refractivity contribution is -0.117. The number of hydrogen-bond acceptors (Lipinski definition) is 4. The molecule has 0 aliphatic heterocycles. The number of pyridine rings is 1. The first-order valence-electron chi connectivity index (χ1n) is 9.04. The maximum atomic E-state index is 12.9. The van der Waals surface area contributed by atoms with Crippen LogP contribution in [-0.2, 0) is 17.8 Å². The number of aromatic nitrogens is 3. The molecule has 0 radical (unpaired) electrons. The molecule has 0 saturated heterocycles. The lowest BCUT2D eigenvalue weighted by atomic mass is 10.1. The summed E-state index contributed by atoms with van der Waals surface area (Å²) in [5.74, 6) is -0.379. The molecule has 2 aromatic heterocycles. The quantitative estimate of drug-likeness (QED) is 0.550. The van der Waals surface area contributed by atoms with E-state index in [0.29, 0.717) is 28.2 Å². The molecule has 6 nitrogen and oxygen atoms in total. The van der Waals surface area contributed by atoms with Gasteiger partial charge in [-0.3, -0.25) is 14.6 Å². The second kappa shape index (κ2) is 8.24. The highest BCUT2D eigenvalue weighted by Gasteiger charge is 2.14. The van der Waals surface area contributed by atoms with E-state index in [-0.39, 0.29) is 18.0 Å². The standard InChI is InChI=1S/C22H17ClN4O2/c23-18-9-3-4-10-19(18)25-21(28)14-27-22(29)17-8-2-1-7-16(17)20(26-27)12-15-6-5-11-24-13-15/h1-11,13H,12,14H2,(H,25,28). The summed E-state index contributed by atoms with van der Waals surface area (Å²) in [7, 11) is 0. The van der Waals surface area contributed by atoms with Gasteiger partial charge in [0, 0.05) is 24.2 Å². The summed E-state index contributed by atoms with van der Waals surface area (Å²) in [5, 5.41) is 8.92. The van der Waals surface area contributed by atoms with Gasteiger partial charge in [0.1, 0.15) is 6.54 Å². The summed E-state index contributed by atoms with van der Waals surface area (Å²) in [4.78, 5) is 29.5. The third-order valence-electron chi connectivity index (χ3n) is 4.48. The first kappa shape index (κ1) is 18.8. The van der Waals surface area contributed by atoms with Crippen LogP contribution in [0.25, 0.3) is 10.8 Å². The van der Waals surface area contributed by atoms with E-state index in [4.69, 9.17) is 11.6 Å². The predicted molar refractivity (Wildman–Crippen MR) is 113 cm³/mol. The van der Waals surface area contributed by atoms with Gasteiger partial charge in [-0.1, -0.05) is 48.0 Å². The van der Waals surface area contributed by atoms with Gasteiger partial charge in [-0.2, -0.15) is 5.10 Å². The highest BCUT2D eigenvalue weighted by Crippen LogP contribution is 2.20. The minimum absolute atomic E-state index is 0.213. The van der Waals surface area contributed by atoms with Crippen LogP contribution in [-0.4, -0.2) is 20.7 Å². The van der Waals surface area contributed by atoms with Crippen LogP contribution in [0.5, 0.6) is 0 Å². The van der Waals surface area contributed by atoms with Gasteiger partial charge in [-0.05, 0) is 29.8 Å². The van der Waals surface area contributed by atoms with Crippen LogP contribution in [0.2, 0.25) is 5.02 Å². The highest BCUT2D eigenvalue weighted by atomic mass is 35.5. The molecule has 0 bridgehead atoms. The van der Waals surface area contributed by atoms with Crippen LogP contribution in [0.4, 0.5) is 5.69 Å². The van der Waals surface area contributed by atoms with Crippen molar-refractivity contribution in [3.63, 3.8) is 0 Å². The molecular formula is C22H17ClN4O2. The maximum Gasteiger partial charge on any atom is 0.275 e. The molecule has 2 heterocycles. The molecule has 144 valence electrons. The molecular weight excluding hydrogens is 388 g/mol. The zero-order valence-corrected chi connectivity index (χ0v) is 16.1. The molecule has 4 aromatic rings. The van der Waals surface area contributed by atoms with E-state index in [2.05, 4.69) is 15.4 Å². The van der Waals surface area contributed by atoms with Gasteiger partial charge < -0.3 is 5.32 Å². The number of carbonyl (C=O) groups is 1. The smallest absolute Gasteiger partial charge is 0.275 e. The Labute approximate surface area is 171 Å². The second-order valence-electron chi connectivity index (χ2n) is 6.52. The largest absolute Gasteiger partial charge is 0.323 e. The van der Waals surface area contributed by atoms with Gasteiger partial charge in [0.25, 0.3) is 5.56 Å². The highest BCUT2D eigenvalue weighted by molar-refractivity contribution is 6.33. The molecule has 0 saturated carbocycles. The molecule has 0 aliphatic rings. The SMILES string of the molecule is O=C(Cn1nc(Cc2cccnc2)c2ccccc2c1=O)Nc1ccccc1Cl. The van der Waals surface area contributed by atoms with Crippen molar-refractivity contribution in [2.45, 2.75) is 13.0 Å². The molecule has 2 aromatic carbocycles. The van der Waals surface area contributed by atoms with Gasteiger partial charge in [0.05, 0.1) is 21.8 Å². The van der Waals surface area contributed by atoms with Crippen LogP contribution in [0.3, 0.4) is 0 Å². The van der Waals surface area contributed by atoms with Crippen LogP contribution in [0.15, 0.2) is 77.9 Å². The monoisotopic (exact) mass is 404 g/mol. The van der Waals surface area contributed by atoms with E-state index < -0.39 is 0 Å². The van der Waals surface area contributed by atoms with Crippen molar-refractivity contribution >= 4 is 34.0 Å². The molecule has 0 atom stereocenters. The molecule has 0 fully saturated rings. The van der Waals surface area contributed by atoms with Crippen LogP contribution in [0, 0.1) is 0 Å². The number of nitrogens with one attached hydrogen (secondary N) is 1. The summed E-state index contributed by atoms with van der Waals surface area (Å²) in [6.45, 7) is -0.213. The second-order valence-corrected chi connectivity index (χ2v) is 6.93. The number of rotatable bonds is 5. The van der Waals surface area contributed by atoms with Crippen molar-refractivity contribution in [3.05, 3.63) is 99.7 Å². The zero-order chi connectivity index (χ0) is 20.2. The topological polar surface area (TPSA) is 76.9 Å². The van der Waals surface area contributed by atoms with Gasteiger partial charge in [-0.15, -0.1) is 0 Å². The van der Waals surface area contributed by atoms with Gasteiger partial charge in [-0.25, -0.2) is 4.68 Å². The van der Waals surface area contributed by atoms with E-state index in [9.17, 15) is 9.59 Å². The Morgan fingerprint density at radius 3 is 2.52 bits per heavy atom. The third-order valence-corrected chi connectivity index (χ3v) is 4.81. The van der Waals surface area contributed by atoms with Crippen molar-refractivity contribution < 1.29 is 4.79 Å². The molecule has 7 heteroatoms. The van der Waals surface area contributed by atoms with E-state index >= 15 is 0 Å². The van der Waals surface area contributed by atoms with Crippen molar-refractivity contribution in [2.24, 2.45) is 0 Å². The van der Waals surface area contributed by atoms with Gasteiger partial charge in [0.15, 0.2) is 0 Å².